The van der Waals surface area contributed by atoms with Gasteiger partial charge in [0.25, 0.3) is 0 Å². The Hall–Kier alpha value is -1.35. The van der Waals surface area contributed by atoms with Crippen molar-refractivity contribution in [1.82, 2.24) is 4.90 Å². The normalized spacial score (nSPS) is 19.2. The van der Waals surface area contributed by atoms with Gasteiger partial charge in [0.1, 0.15) is 0 Å². The van der Waals surface area contributed by atoms with E-state index in [4.69, 9.17) is 5.11 Å². The Morgan fingerprint density at radius 3 is 2.30 bits per heavy atom. The van der Waals surface area contributed by atoms with E-state index in [1.165, 1.54) is 31.2 Å². The van der Waals surface area contributed by atoms with Crippen LogP contribution in [-0.2, 0) is 6.54 Å². The summed E-state index contributed by atoms with van der Waals surface area (Å²) in [5, 5.41) is 8.90. The Morgan fingerprint density at radius 1 is 1.25 bits per heavy atom. The van der Waals surface area contributed by atoms with Crippen LogP contribution >= 0.6 is 0 Å². The number of aromatic carboxylic acids is 1. The standard InChI is InChI=1S/C17H25NO2/c1-17(2)10-8-15(9-11-17)18(3)12-13-4-6-14(7-5-13)16(19)20/h4-7,15H,8-12H2,1-3H3,(H,19,20). The quantitative estimate of drug-likeness (QED) is 0.909. The lowest BCUT2D eigenvalue weighted by Crippen LogP contribution is -2.36. The van der Waals surface area contributed by atoms with Gasteiger partial charge in [0.15, 0.2) is 0 Å². The SMILES string of the molecule is CN(Cc1ccc(C(=O)O)cc1)C1CCC(C)(C)CC1. The van der Waals surface area contributed by atoms with Crippen molar-refractivity contribution in [2.75, 3.05) is 7.05 Å². The van der Waals surface area contributed by atoms with Gasteiger partial charge >= 0.3 is 5.97 Å². The van der Waals surface area contributed by atoms with Gasteiger partial charge in [0.05, 0.1) is 5.56 Å². The maximum atomic E-state index is 10.8. The summed E-state index contributed by atoms with van der Waals surface area (Å²) in [5.41, 5.74) is 2.04. The molecule has 0 aromatic heterocycles. The molecule has 0 heterocycles. The van der Waals surface area contributed by atoms with Gasteiger partial charge in [-0.3, -0.25) is 4.90 Å². The second kappa shape index (κ2) is 5.96. The summed E-state index contributed by atoms with van der Waals surface area (Å²) in [6.45, 7) is 5.60. The zero-order valence-electron chi connectivity index (χ0n) is 12.7. The van der Waals surface area contributed by atoms with E-state index in [9.17, 15) is 4.79 Å². The van der Waals surface area contributed by atoms with E-state index in [1.54, 1.807) is 12.1 Å². The fraction of sp³-hybridized carbons (Fsp3) is 0.588. The molecule has 0 radical (unpaired) electrons. The smallest absolute Gasteiger partial charge is 0.335 e. The average Bonchev–Trinajstić information content (AvgIpc) is 2.39. The largest absolute Gasteiger partial charge is 0.478 e. The highest BCUT2D eigenvalue weighted by molar-refractivity contribution is 5.87. The first-order valence-corrected chi connectivity index (χ1v) is 7.40. The van der Waals surface area contributed by atoms with Crippen LogP contribution < -0.4 is 0 Å². The van der Waals surface area contributed by atoms with E-state index in [2.05, 4.69) is 25.8 Å². The molecular weight excluding hydrogens is 250 g/mol. The van der Waals surface area contributed by atoms with Crippen LogP contribution in [0, 0.1) is 5.41 Å². The van der Waals surface area contributed by atoms with Crippen molar-refractivity contribution in [2.24, 2.45) is 5.41 Å². The lowest BCUT2D eigenvalue weighted by Gasteiger charge is -2.38. The summed E-state index contributed by atoms with van der Waals surface area (Å²) in [5.74, 6) is -0.862. The number of nitrogens with zero attached hydrogens (tertiary/aromatic N) is 1. The first-order valence-electron chi connectivity index (χ1n) is 7.40. The van der Waals surface area contributed by atoms with Crippen LogP contribution in [-0.4, -0.2) is 29.1 Å². The van der Waals surface area contributed by atoms with E-state index >= 15 is 0 Å². The van der Waals surface area contributed by atoms with Crippen LogP contribution in [0.25, 0.3) is 0 Å². The zero-order valence-corrected chi connectivity index (χ0v) is 12.7. The number of hydrogen-bond acceptors (Lipinski definition) is 2. The maximum absolute atomic E-state index is 10.8. The van der Waals surface area contributed by atoms with Gasteiger partial charge < -0.3 is 5.11 Å². The van der Waals surface area contributed by atoms with Crippen molar-refractivity contribution in [3.8, 4) is 0 Å². The second-order valence-corrected chi connectivity index (χ2v) is 6.81. The molecule has 1 N–H and O–H groups in total. The van der Waals surface area contributed by atoms with Gasteiger partial charge in [-0.15, -0.1) is 0 Å². The molecule has 1 aromatic rings. The summed E-state index contributed by atoms with van der Waals surface area (Å²) < 4.78 is 0. The van der Waals surface area contributed by atoms with Crippen molar-refractivity contribution in [3.05, 3.63) is 35.4 Å². The number of hydrogen-bond donors (Lipinski definition) is 1. The zero-order chi connectivity index (χ0) is 14.8. The second-order valence-electron chi connectivity index (χ2n) is 6.81. The minimum Gasteiger partial charge on any atom is -0.478 e. The number of rotatable bonds is 4. The molecule has 0 spiro atoms. The van der Waals surface area contributed by atoms with E-state index in [1.807, 2.05) is 12.1 Å². The molecule has 1 aliphatic carbocycles. The Morgan fingerprint density at radius 2 is 1.80 bits per heavy atom. The van der Waals surface area contributed by atoms with Crippen LogP contribution in [0.4, 0.5) is 0 Å². The van der Waals surface area contributed by atoms with Crippen molar-refractivity contribution in [2.45, 2.75) is 52.1 Å². The molecule has 1 fully saturated rings. The summed E-state index contributed by atoms with van der Waals surface area (Å²) in [7, 11) is 2.17. The molecular formula is C17H25NO2. The highest BCUT2D eigenvalue weighted by Gasteiger charge is 2.28. The summed E-state index contributed by atoms with van der Waals surface area (Å²) in [4.78, 5) is 13.2. The van der Waals surface area contributed by atoms with Crippen LogP contribution in [0.1, 0.15) is 55.5 Å². The molecule has 20 heavy (non-hydrogen) atoms. The Bertz CT molecular complexity index is 454. The predicted octanol–water partition coefficient (Wildman–Crippen LogP) is 3.79. The third-order valence-electron chi connectivity index (χ3n) is 4.56. The molecule has 0 saturated heterocycles. The minimum atomic E-state index is -0.862. The van der Waals surface area contributed by atoms with Crippen molar-refractivity contribution >= 4 is 5.97 Å². The lowest BCUT2D eigenvalue weighted by atomic mass is 9.75. The van der Waals surface area contributed by atoms with Gasteiger partial charge in [0, 0.05) is 12.6 Å². The molecule has 1 aromatic carbocycles. The first-order chi connectivity index (χ1) is 9.37. The monoisotopic (exact) mass is 275 g/mol. The minimum absolute atomic E-state index is 0.357. The number of carboxylic acids is 1. The van der Waals surface area contributed by atoms with Crippen molar-refractivity contribution in [3.63, 3.8) is 0 Å². The number of benzene rings is 1. The number of carbonyl (C=O) groups is 1. The molecule has 3 heteroatoms. The molecule has 0 bridgehead atoms. The summed E-state index contributed by atoms with van der Waals surface area (Å²) in [6, 6.07) is 7.88. The third-order valence-corrected chi connectivity index (χ3v) is 4.56. The van der Waals surface area contributed by atoms with E-state index in [-0.39, 0.29) is 0 Å². The molecule has 0 unspecified atom stereocenters. The maximum Gasteiger partial charge on any atom is 0.335 e. The van der Waals surface area contributed by atoms with Gasteiger partial charge in [-0.05, 0) is 55.8 Å². The van der Waals surface area contributed by atoms with E-state index < -0.39 is 5.97 Å². The molecule has 0 aliphatic heterocycles. The lowest BCUT2D eigenvalue weighted by molar-refractivity contribution is 0.0697. The molecule has 3 nitrogen and oxygen atoms in total. The van der Waals surface area contributed by atoms with Gasteiger partial charge in [0.2, 0.25) is 0 Å². The topological polar surface area (TPSA) is 40.5 Å². The van der Waals surface area contributed by atoms with Crippen molar-refractivity contribution in [1.29, 1.82) is 0 Å². The molecule has 0 atom stereocenters. The highest BCUT2D eigenvalue weighted by atomic mass is 16.4. The summed E-state index contributed by atoms with van der Waals surface area (Å²) in [6.07, 6.45) is 5.10. The van der Waals surface area contributed by atoms with Crippen LogP contribution in [0.3, 0.4) is 0 Å². The Kier molecular flexibility index (Phi) is 4.48. The van der Waals surface area contributed by atoms with Crippen LogP contribution in [0.2, 0.25) is 0 Å². The highest BCUT2D eigenvalue weighted by Crippen LogP contribution is 2.36. The number of carboxylic acid groups (broad SMARTS) is 1. The van der Waals surface area contributed by atoms with Crippen LogP contribution in [0.5, 0.6) is 0 Å². The first kappa shape index (κ1) is 15.0. The van der Waals surface area contributed by atoms with E-state index in [0.717, 1.165) is 6.54 Å². The fourth-order valence-corrected chi connectivity index (χ4v) is 2.99. The average molecular weight is 275 g/mol. The van der Waals surface area contributed by atoms with E-state index in [0.29, 0.717) is 17.0 Å². The van der Waals surface area contributed by atoms with Gasteiger partial charge in [-0.2, -0.15) is 0 Å². The fourth-order valence-electron chi connectivity index (χ4n) is 2.99. The Balaban J connectivity index is 1.91. The molecule has 110 valence electrons. The third kappa shape index (κ3) is 3.83. The predicted molar refractivity (Wildman–Crippen MR) is 80.9 cm³/mol. The molecule has 2 rings (SSSR count). The molecule has 1 aliphatic rings. The Labute approximate surface area is 121 Å². The van der Waals surface area contributed by atoms with Gasteiger partial charge in [-0.1, -0.05) is 26.0 Å². The van der Waals surface area contributed by atoms with Crippen molar-refractivity contribution < 1.29 is 9.90 Å². The van der Waals surface area contributed by atoms with Crippen LogP contribution in [0.15, 0.2) is 24.3 Å². The van der Waals surface area contributed by atoms with Gasteiger partial charge in [-0.25, -0.2) is 4.79 Å². The molecule has 0 amide bonds. The summed E-state index contributed by atoms with van der Waals surface area (Å²) >= 11 is 0. The molecule has 1 saturated carbocycles.